The van der Waals surface area contributed by atoms with E-state index in [4.69, 9.17) is 0 Å². The summed E-state index contributed by atoms with van der Waals surface area (Å²) in [5, 5.41) is 0. The molecule has 59 heavy (non-hydrogen) atoms. The third-order valence-corrected chi connectivity index (χ3v) is 15.6. The van der Waals surface area contributed by atoms with Crippen molar-refractivity contribution in [3.05, 3.63) is 179 Å². The van der Waals surface area contributed by atoms with E-state index >= 15 is 0 Å². The summed E-state index contributed by atoms with van der Waals surface area (Å²) in [7, 11) is 0. The van der Waals surface area contributed by atoms with E-state index in [9.17, 15) is 0 Å². The average Bonchev–Trinajstić information content (AvgIpc) is 3.40. The van der Waals surface area contributed by atoms with Crippen LogP contribution in [-0.4, -0.2) is 0 Å². The van der Waals surface area contributed by atoms with Crippen LogP contribution in [0.15, 0.2) is 140 Å². The zero-order valence-electron chi connectivity index (χ0n) is 36.0. The van der Waals surface area contributed by atoms with Gasteiger partial charge in [-0.15, -0.1) is 0 Å². The summed E-state index contributed by atoms with van der Waals surface area (Å²) in [5.41, 5.74) is 23.9. The number of nitrogens with zero attached hydrogens (tertiary/aromatic N) is 2. The van der Waals surface area contributed by atoms with E-state index in [0.29, 0.717) is 0 Å². The van der Waals surface area contributed by atoms with E-state index in [1.54, 1.807) is 0 Å². The molecule has 0 spiro atoms. The fourth-order valence-electron chi connectivity index (χ4n) is 11.8. The first kappa shape index (κ1) is 36.4. The SMILES string of the molecule is CCC1(CC)CC[n+]2ccccc2-c2cc(-c3cc4c5c(c3)C(C)(C)c3cc(-c6ccccc6)cc6c3N5c3c(cc(-c5ccccc5)cc3C4(C)C)C6(C)C)ccc21. The molecular formula is C57H55N2+. The molecule has 0 unspecified atom stereocenters. The number of aromatic nitrogens is 1. The summed E-state index contributed by atoms with van der Waals surface area (Å²) in [5.74, 6) is 0. The van der Waals surface area contributed by atoms with Gasteiger partial charge in [0, 0.05) is 40.2 Å². The summed E-state index contributed by atoms with van der Waals surface area (Å²) >= 11 is 0. The van der Waals surface area contributed by atoms with E-state index in [-0.39, 0.29) is 21.7 Å². The van der Waals surface area contributed by atoms with Crippen molar-refractivity contribution in [3.63, 3.8) is 0 Å². The Balaban J connectivity index is 1.22. The lowest BCUT2D eigenvalue weighted by Gasteiger charge is -2.55. The first-order valence-corrected chi connectivity index (χ1v) is 22.0. The van der Waals surface area contributed by atoms with Gasteiger partial charge >= 0.3 is 0 Å². The maximum atomic E-state index is 2.72. The first-order valence-electron chi connectivity index (χ1n) is 22.0. The topological polar surface area (TPSA) is 7.12 Å². The quantitative estimate of drug-likeness (QED) is 0.158. The second-order valence-corrected chi connectivity index (χ2v) is 19.5. The average molecular weight is 768 g/mol. The van der Waals surface area contributed by atoms with E-state index < -0.39 is 0 Å². The summed E-state index contributed by atoms with van der Waals surface area (Å²) in [6.45, 7) is 20.7. The molecule has 7 aromatic rings. The van der Waals surface area contributed by atoms with Gasteiger partial charge in [0.2, 0.25) is 5.69 Å². The van der Waals surface area contributed by atoms with Crippen LogP contribution in [-0.2, 0) is 28.2 Å². The van der Waals surface area contributed by atoms with Gasteiger partial charge in [0.1, 0.15) is 6.54 Å². The minimum atomic E-state index is -0.260. The van der Waals surface area contributed by atoms with Crippen LogP contribution in [0.5, 0.6) is 0 Å². The predicted molar refractivity (Wildman–Crippen MR) is 246 cm³/mol. The first-order chi connectivity index (χ1) is 28.4. The summed E-state index contributed by atoms with van der Waals surface area (Å²) in [6, 6.07) is 51.5. The van der Waals surface area contributed by atoms with Gasteiger partial charge in [0.05, 0.1) is 22.6 Å². The van der Waals surface area contributed by atoms with Crippen LogP contribution in [0, 0.1) is 0 Å². The van der Waals surface area contributed by atoms with Crippen LogP contribution >= 0.6 is 0 Å². The van der Waals surface area contributed by atoms with Gasteiger partial charge in [-0.2, -0.15) is 4.57 Å². The third kappa shape index (κ3) is 4.90. The van der Waals surface area contributed by atoms with Crippen LogP contribution in [0.2, 0.25) is 0 Å². The molecule has 0 aliphatic carbocycles. The Bertz CT molecular complexity index is 2740. The van der Waals surface area contributed by atoms with Crippen molar-refractivity contribution in [1.29, 1.82) is 0 Å². The lowest BCUT2D eigenvalue weighted by Crippen LogP contribution is -2.43. The molecule has 0 N–H and O–H groups in total. The number of anilines is 3. The standard InChI is InChI=1S/C57H55N2/c1-9-57(10-2)26-28-58-27-18-17-23-50(58)42-29-38(24-25-43(42)57)41-34-48-53-49(35-41)56(7,8)47-33-40(37-21-15-12-16-22-37)31-45-52(47)59(53)51-44(54(45,3)4)30-39(32-46(51)55(48,5)6)36-19-13-11-14-20-36/h11-25,27,29-35H,9-10,26,28H2,1-8H3/q+1. The maximum Gasteiger partial charge on any atom is 0.212 e. The molecular weight excluding hydrogens is 713 g/mol. The van der Waals surface area contributed by atoms with Crippen molar-refractivity contribution in [2.45, 2.75) is 103 Å². The summed E-state index contributed by atoms with van der Waals surface area (Å²) < 4.78 is 2.49. The van der Waals surface area contributed by atoms with Crippen LogP contribution in [0.25, 0.3) is 44.6 Å². The molecule has 4 aliphatic rings. The fourth-order valence-corrected chi connectivity index (χ4v) is 11.8. The second-order valence-electron chi connectivity index (χ2n) is 19.5. The molecule has 2 heteroatoms. The van der Waals surface area contributed by atoms with Gasteiger partial charge in [-0.1, -0.05) is 128 Å². The lowest BCUT2D eigenvalue weighted by atomic mass is 9.59. The molecule has 292 valence electrons. The number of hydrogen-bond donors (Lipinski definition) is 0. The highest BCUT2D eigenvalue weighted by molar-refractivity contribution is 6.01. The van der Waals surface area contributed by atoms with Crippen molar-refractivity contribution >= 4 is 17.1 Å². The third-order valence-electron chi connectivity index (χ3n) is 15.6. The van der Waals surface area contributed by atoms with Crippen molar-refractivity contribution < 1.29 is 4.57 Å². The monoisotopic (exact) mass is 767 g/mol. The zero-order valence-corrected chi connectivity index (χ0v) is 36.0. The highest BCUT2D eigenvalue weighted by Gasteiger charge is 2.52. The van der Waals surface area contributed by atoms with Gasteiger partial charge in [0.25, 0.3) is 0 Å². The Morgan fingerprint density at radius 1 is 0.441 bits per heavy atom. The van der Waals surface area contributed by atoms with Crippen molar-refractivity contribution in [2.75, 3.05) is 4.90 Å². The molecule has 0 radical (unpaired) electrons. The van der Waals surface area contributed by atoms with Crippen molar-refractivity contribution in [3.8, 4) is 44.6 Å². The fraction of sp³-hybridized carbons (Fsp3) is 0.281. The molecule has 0 saturated carbocycles. The highest BCUT2D eigenvalue weighted by atomic mass is 15.2. The minimum Gasteiger partial charge on any atom is -0.309 e. The number of pyridine rings is 1. The minimum absolute atomic E-state index is 0.156. The van der Waals surface area contributed by atoms with Gasteiger partial charge in [-0.05, 0) is 134 Å². The van der Waals surface area contributed by atoms with Gasteiger partial charge in [-0.25, -0.2) is 0 Å². The second kappa shape index (κ2) is 12.4. The summed E-state index contributed by atoms with van der Waals surface area (Å²) in [4.78, 5) is 2.72. The smallest absolute Gasteiger partial charge is 0.212 e. The van der Waals surface area contributed by atoms with Gasteiger partial charge in [0.15, 0.2) is 6.20 Å². The Kier molecular flexibility index (Phi) is 7.64. The molecule has 0 saturated heterocycles. The molecule has 1 aromatic heterocycles. The Labute approximate surface area is 351 Å². The van der Waals surface area contributed by atoms with Gasteiger partial charge < -0.3 is 4.90 Å². The van der Waals surface area contributed by atoms with Crippen molar-refractivity contribution in [2.24, 2.45) is 0 Å². The molecule has 2 nitrogen and oxygen atoms in total. The van der Waals surface area contributed by atoms with Crippen molar-refractivity contribution in [1.82, 2.24) is 0 Å². The molecule has 5 heterocycles. The maximum absolute atomic E-state index is 2.72. The highest BCUT2D eigenvalue weighted by Crippen LogP contribution is 2.67. The normalized spacial score (nSPS) is 17.7. The number of rotatable bonds is 5. The van der Waals surface area contributed by atoms with E-state index in [0.717, 1.165) is 25.8 Å². The Hall–Kier alpha value is -5.73. The number of aryl methyl sites for hydroxylation is 1. The largest absolute Gasteiger partial charge is 0.309 e. The van der Waals surface area contributed by atoms with E-state index in [2.05, 4.69) is 205 Å². The van der Waals surface area contributed by atoms with Gasteiger partial charge in [-0.3, -0.25) is 0 Å². The number of fused-ring (bicyclic) bond motifs is 3. The number of hydrogen-bond acceptors (Lipinski definition) is 1. The van der Waals surface area contributed by atoms with Crippen LogP contribution < -0.4 is 9.47 Å². The molecule has 6 aromatic carbocycles. The zero-order chi connectivity index (χ0) is 40.6. The molecule has 0 amide bonds. The molecule has 11 rings (SSSR count). The Morgan fingerprint density at radius 2 is 0.864 bits per heavy atom. The molecule has 4 aliphatic heterocycles. The Morgan fingerprint density at radius 3 is 1.31 bits per heavy atom. The summed E-state index contributed by atoms with van der Waals surface area (Å²) in [6.07, 6.45) is 5.72. The predicted octanol–water partition coefficient (Wildman–Crippen LogP) is 14.5. The molecule has 0 bridgehead atoms. The number of benzene rings is 6. The molecule has 0 atom stereocenters. The molecule has 0 fully saturated rings. The lowest BCUT2D eigenvalue weighted by molar-refractivity contribution is -0.687. The van der Waals surface area contributed by atoms with Crippen LogP contribution in [0.3, 0.4) is 0 Å². The van der Waals surface area contributed by atoms with Crippen LogP contribution in [0.1, 0.15) is 114 Å². The van der Waals surface area contributed by atoms with Crippen LogP contribution in [0.4, 0.5) is 17.1 Å². The van der Waals surface area contributed by atoms with E-state index in [1.807, 2.05) is 0 Å². The van der Waals surface area contributed by atoms with E-state index in [1.165, 1.54) is 101 Å².